The van der Waals surface area contributed by atoms with Crippen molar-refractivity contribution in [1.82, 2.24) is 4.90 Å². The Labute approximate surface area is 173 Å². The second-order valence-electron chi connectivity index (χ2n) is 8.46. The van der Waals surface area contributed by atoms with E-state index in [1.54, 1.807) is 4.90 Å². The highest BCUT2D eigenvalue weighted by Crippen LogP contribution is 2.26. The average Bonchev–Trinajstić information content (AvgIpc) is 3.19. The molecule has 0 unspecified atom stereocenters. The van der Waals surface area contributed by atoms with E-state index in [0.29, 0.717) is 17.9 Å². The number of carbonyl (C=O) groups is 2. The molecule has 4 heteroatoms. The molecule has 0 N–H and O–H groups in total. The van der Waals surface area contributed by atoms with Crippen molar-refractivity contribution in [3.63, 3.8) is 0 Å². The van der Waals surface area contributed by atoms with E-state index in [1.807, 2.05) is 29.2 Å². The van der Waals surface area contributed by atoms with Gasteiger partial charge in [0.05, 0.1) is 0 Å². The fraction of sp³-hybridized carbons (Fsp3) is 0.440. The van der Waals surface area contributed by atoms with Crippen LogP contribution in [-0.4, -0.2) is 36.3 Å². The van der Waals surface area contributed by atoms with Crippen LogP contribution in [0.3, 0.4) is 0 Å². The van der Waals surface area contributed by atoms with Gasteiger partial charge < -0.3 is 9.80 Å². The summed E-state index contributed by atoms with van der Waals surface area (Å²) in [4.78, 5) is 28.8. The summed E-state index contributed by atoms with van der Waals surface area (Å²) in [6, 6.07) is 16.4. The monoisotopic (exact) mass is 390 g/mol. The van der Waals surface area contributed by atoms with Crippen LogP contribution in [0.1, 0.15) is 53.6 Å². The van der Waals surface area contributed by atoms with Crippen LogP contribution in [0.5, 0.6) is 0 Å². The molecule has 2 amide bonds. The van der Waals surface area contributed by atoms with E-state index in [1.165, 1.54) is 17.5 Å². The van der Waals surface area contributed by atoms with Gasteiger partial charge in [-0.05, 0) is 68.7 Å². The van der Waals surface area contributed by atoms with Gasteiger partial charge >= 0.3 is 0 Å². The summed E-state index contributed by atoms with van der Waals surface area (Å²) in [5, 5.41) is 0. The minimum atomic E-state index is 0.0930. The Bertz CT molecular complexity index is 867. The minimum Gasteiger partial charge on any atom is -0.339 e. The Kier molecular flexibility index (Phi) is 5.98. The fourth-order valence-corrected chi connectivity index (χ4v) is 4.46. The molecule has 0 spiro atoms. The lowest BCUT2D eigenvalue weighted by molar-refractivity contribution is -0.117. The molecule has 2 aliphatic rings. The molecule has 2 aromatic carbocycles. The van der Waals surface area contributed by atoms with Crippen molar-refractivity contribution < 1.29 is 9.59 Å². The molecule has 2 aliphatic heterocycles. The number of anilines is 1. The van der Waals surface area contributed by atoms with E-state index < -0.39 is 0 Å². The Morgan fingerprint density at radius 3 is 2.48 bits per heavy atom. The zero-order valence-corrected chi connectivity index (χ0v) is 17.3. The molecule has 0 radical (unpaired) electrons. The topological polar surface area (TPSA) is 40.6 Å². The molecular formula is C25H30N2O2. The molecule has 0 atom stereocenters. The van der Waals surface area contributed by atoms with Crippen molar-refractivity contribution in [3.8, 4) is 0 Å². The van der Waals surface area contributed by atoms with Gasteiger partial charge in [-0.15, -0.1) is 0 Å². The van der Waals surface area contributed by atoms with Crippen molar-refractivity contribution in [1.29, 1.82) is 0 Å². The lowest BCUT2D eigenvalue weighted by Crippen LogP contribution is -2.38. The minimum absolute atomic E-state index is 0.0930. The van der Waals surface area contributed by atoms with Gasteiger partial charge in [-0.3, -0.25) is 9.59 Å². The molecule has 152 valence electrons. The highest BCUT2D eigenvalue weighted by Gasteiger charge is 2.25. The number of hydrogen-bond donors (Lipinski definition) is 0. The van der Waals surface area contributed by atoms with Crippen LogP contribution < -0.4 is 4.90 Å². The molecule has 2 heterocycles. The number of amides is 2. The molecular weight excluding hydrogens is 360 g/mol. The smallest absolute Gasteiger partial charge is 0.253 e. The van der Waals surface area contributed by atoms with E-state index in [4.69, 9.17) is 0 Å². The zero-order valence-electron chi connectivity index (χ0n) is 17.3. The van der Waals surface area contributed by atoms with E-state index in [9.17, 15) is 9.59 Å². The van der Waals surface area contributed by atoms with Crippen molar-refractivity contribution in [2.75, 3.05) is 24.5 Å². The van der Waals surface area contributed by atoms with Crippen LogP contribution in [-0.2, 0) is 11.2 Å². The maximum atomic E-state index is 13.0. The third-order valence-corrected chi connectivity index (χ3v) is 6.34. The molecule has 0 saturated carbocycles. The second kappa shape index (κ2) is 8.81. The summed E-state index contributed by atoms with van der Waals surface area (Å²) in [7, 11) is 0. The predicted molar refractivity (Wildman–Crippen MR) is 116 cm³/mol. The van der Waals surface area contributed by atoms with Gasteiger partial charge in [0, 0.05) is 37.3 Å². The number of piperidine rings is 1. The zero-order chi connectivity index (χ0) is 20.2. The van der Waals surface area contributed by atoms with Gasteiger partial charge in [0.15, 0.2) is 0 Å². The molecule has 4 rings (SSSR count). The van der Waals surface area contributed by atoms with Crippen LogP contribution >= 0.6 is 0 Å². The number of hydrogen-bond acceptors (Lipinski definition) is 2. The van der Waals surface area contributed by atoms with Crippen molar-refractivity contribution >= 4 is 17.5 Å². The summed E-state index contributed by atoms with van der Waals surface area (Å²) < 4.78 is 0. The summed E-state index contributed by atoms with van der Waals surface area (Å²) in [5.41, 5.74) is 4.26. The first kappa shape index (κ1) is 19.7. The standard InChI is InChI=1S/C25H30N2O2/c1-19-7-9-20(10-8-19)11-12-21-13-16-26(17-14-21)25(29)22-4-2-5-23(18-22)27-15-3-6-24(27)28/h2,4-5,7-10,18,21H,3,6,11-17H2,1H3. The normalized spacial score (nSPS) is 17.8. The van der Waals surface area contributed by atoms with E-state index in [2.05, 4.69) is 31.2 Å². The lowest BCUT2D eigenvalue weighted by Gasteiger charge is -2.32. The number of benzene rings is 2. The van der Waals surface area contributed by atoms with E-state index in [-0.39, 0.29) is 11.8 Å². The van der Waals surface area contributed by atoms with Gasteiger partial charge in [0.1, 0.15) is 0 Å². The Hall–Kier alpha value is -2.62. The molecule has 0 aromatic heterocycles. The first-order valence-corrected chi connectivity index (χ1v) is 10.9. The number of nitrogens with zero attached hydrogens (tertiary/aromatic N) is 2. The summed E-state index contributed by atoms with van der Waals surface area (Å²) in [6.45, 7) is 4.52. The maximum Gasteiger partial charge on any atom is 0.253 e. The molecule has 2 saturated heterocycles. The predicted octanol–water partition coefficient (Wildman–Crippen LogP) is 4.61. The number of likely N-dealkylation sites (tertiary alicyclic amines) is 1. The third kappa shape index (κ3) is 4.69. The molecule has 4 nitrogen and oxygen atoms in total. The molecule has 2 fully saturated rings. The van der Waals surface area contributed by atoms with Crippen LogP contribution in [0.4, 0.5) is 5.69 Å². The summed E-state index contributed by atoms with van der Waals surface area (Å²) in [6.07, 6.45) is 5.95. The second-order valence-corrected chi connectivity index (χ2v) is 8.46. The number of rotatable bonds is 5. The van der Waals surface area contributed by atoms with E-state index in [0.717, 1.165) is 51.0 Å². The average molecular weight is 391 g/mol. The first-order chi connectivity index (χ1) is 14.1. The van der Waals surface area contributed by atoms with Crippen molar-refractivity contribution in [3.05, 3.63) is 65.2 Å². The van der Waals surface area contributed by atoms with Crippen LogP contribution in [0.2, 0.25) is 0 Å². The maximum absolute atomic E-state index is 13.0. The van der Waals surface area contributed by atoms with Crippen LogP contribution in [0.15, 0.2) is 48.5 Å². The fourth-order valence-electron chi connectivity index (χ4n) is 4.46. The number of aryl methyl sites for hydroxylation is 2. The van der Waals surface area contributed by atoms with Crippen LogP contribution in [0.25, 0.3) is 0 Å². The molecule has 0 bridgehead atoms. The van der Waals surface area contributed by atoms with Crippen molar-refractivity contribution in [2.45, 2.75) is 45.4 Å². The SMILES string of the molecule is Cc1ccc(CCC2CCN(C(=O)c3cccc(N4CCCC4=O)c3)CC2)cc1. The van der Waals surface area contributed by atoms with Gasteiger partial charge in [-0.2, -0.15) is 0 Å². The highest BCUT2D eigenvalue weighted by atomic mass is 16.2. The van der Waals surface area contributed by atoms with E-state index >= 15 is 0 Å². The summed E-state index contributed by atoms with van der Waals surface area (Å²) in [5.74, 6) is 0.938. The van der Waals surface area contributed by atoms with Gasteiger partial charge in [-0.1, -0.05) is 35.9 Å². The Morgan fingerprint density at radius 2 is 1.79 bits per heavy atom. The largest absolute Gasteiger partial charge is 0.339 e. The van der Waals surface area contributed by atoms with Crippen molar-refractivity contribution in [2.24, 2.45) is 5.92 Å². The quantitative estimate of drug-likeness (QED) is 0.748. The lowest BCUT2D eigenvalue weighted by atomic mass is 9.90. The first-order valence-electron chi connectivity index (χ1n) is 10.9. The highest BCUT2D eigenvalue weighted by molar-refractivity contribution is 5.99. The van der Waals surface area contributed by atoms with Gasteiger partial charge in [0.25, 0.3) is 5.91 Å². The van der Waals surface area contributed by atoms with Crippen LogP contribution in [0, 0.1) is 12.8 Å². The van der Waals surface area contributed by atoms with Gasteiger partial charge in [-0.25, -0.2) is 0 Å². The Morgan fingerprint density at radius 1 is 1.03 bits per heavy atom. The molecule has 2 aromatic rings. The summed E-state index contributed by atoms with van der Waals surface area (Å²) >= 11 is 0. The molecule has 0 aliphatic carbocycles. The third-order valence-electron chi connectivity index (χ3n) is 6.34. The number of carbonyl (C=O) groups excluding carboxylic acids is 2. The Balaban J connectivity index is 1.31. The molecule has 29 heavy (non-hydrogen) atoms. The van der Waals surface area contributed by atoms with Gasteiger partial charge in [0.2, 0.25) is 5.91 Å².